The van der Waals surface area contributed by atoms with Crippen molar-refractivity contribution < 1.29 is 9.18 Å². The van der Waals surface area contributed by atoms with Gasteiger partial charge in [-0.15, -0.1) is 5.10 Å². The molecule has 1 saturated carbocycles. The van der Waals surface area contributed by atoms with Crippen molar-refractivity contribution in [1.29, 1.82) is 0 Å². The van der Waals surface area contributed by atoms with E-state index in [0.29, 0.717) is 11.4 Å². The van der Waals surface area contributed by atoms with Gasteiger partial charge in [0, 0.05) is 18.2 Å². The Balaban J connectivity index is 1.27. The molecule has 3 aromatic carbocycles. The lowest BCUT2D eigenvalue weighted by Crippen LogP contribution is -2.40. The van der Waals surface area contributed by atoms with Crippen LogP contribution in [0.4, 0.5) is 9.18 Å². The van der Waals surface area contributed by atoms with Gasteiger partial charge < -0.3 is 10.6 Å². The summed E-state index contributed by atoms with van der Waals surface area (Å²) >= 11 is 0. The van der Waals surface area contributed by atoms with E-state index < -0.39 is 0 Å². The van der Waals surface area contributed by atoms with Gasteiger partial charge in [0.15, 0.2) is 5.82 Å². The Hall–Kier alpha value is -4.20. The average molecular weight is 472 g/mol. The molecular formula is C27H26FN5O2. The highest BCUT2D eigenvalue weighted by atomic mass is 19.1. The number of hydrogen-bond donors (Lipinski definition) is 2. The zero-order chi connectivity index (χ0) is 24.2. The van der Waals surface area contributed by atoms with Crippen LogP contribution >= 0.6 is 0 Å². The number of amides is 2. The fourth-order valence-corrected chi connectivity index (χ4v) is 4.13. The summed E-state index contributed by atoms with van der Waals surface area (Å²) in [4.78, 5) is 25.7. The van der Waals surface area contributed by atoms with Gasteiger partial charge in [0.2, 0.25) is 0 Å². The Bertz CT molecular complexity index is 1310. The third-order valence-electron chi connectivity index (χ3n) is 6.04. The lowest BCUT2D eigenvalue weighted by Gasteiger charge is -2.20. The maximum absolute atomic E-state index is 13.4. The molecule has 0 bridgehead atoms. The first-order valence-corrected chi connectivity index (χ1v) is 11.7. The number of hydrogen-bond acceptors (Lipinski definition) is 3. The van der Waals surface area contributed by atoms with Crippen LogP contribution in [0.25, 0.3) is 11.4 Å². The molecule has 1 heterocycles. The van der Waals surface area contributed by atoms with E-state index in [9.17, 15) is 14.0 Å². The van der Waals surface area contributed by atoms with Gasteiger partial charge in [0.1, 0.15) is 5.82 Å². The van der Waals surface area contributed by atoms with Gasteiger partial charge in [-0.25, -0.2) is 18.7 Å². The SMILES string of the molecule is O=C(NCCn1nc(-c2ccc(F)cc2)n(C2CC2)c1=O)NC(c1ccccc1)c1ccccc1. The molecule has 1 aliphatic rings. The van der Waals surface area contributed by atoms with Crippen LogP contribution in [0.1, 0.15) is 36.1 Å². The fraction of sp³-hybridized carbons (Fsp3) is 0.222. The summed E-state index contributed by atoms with van der Waals surface area (Å²) in [6, 6.07) is 24.9. The smallest absolute Gasteiger partial charge is 0.336 e. The van der Waals surface area contributed by atoms with Crippen LogP contribution in [0.5, 0.6) is 0 Å². The molecule has 5 rings (SSSR count). The van der Waals surface area contributed by atoms with E-state index in [4.69, 9.17) is 0 Å². The minimum atomic E-state index is -0.340. The molecule has 0 spiro atoms. The van der Waals surface area contributed by atoms with E-state index in [1.807, 2.05) is 60.7 Å². The molecule has 2 amide bonds. The van der Waals surface area contributed by atoms with Gasteiger partial charge in [-0.2, -0.15) is 0 Å². The first kappa shape index (κ1) is 22.6. The molecular weight excluding hydrogens is 445 g/mol. The Morgan fingerprint density at radius 3 is 2.11 bits per heavy atom. The standard InChI is InChI=1S/C27H26FN5O2/c28-22-13-11-21(12-14-22)25-31-32(27(35)33(25)23-15-16-23)18-17-29-26(34)30-24(19-7-3-1-4-8-19)20-9-5-2-6-10-20/h1-14,23-24H,15-18H2,(H2,29,30,34). The third kappa shape index (κ3) is 5.16. The molecule has 0 radical (unpaired) electrons. The van der Waals surface area contributed by atoms with Crippen molar-refractivity contribution in [3.63, 3.8) is 0 Å². The van der Waals surface area contributed by atoms with E-state index in [1.54, 1.807) is 16.7 Å². The number of halogens is 1. The quantitative estimate of drug-likeness (QED) is 0.403. The summed E-state index contributed by atoms with van der Waals surface area (Å²) in [5, 5.41) is 10.4. The highest BCUT2D eigenvalue weighted by molar-refractivity contribution is 5.75. The normalized spacial score (nSPS) is 13.1. The molecule has 7 nitrogen and oxygen atoms in total. The van der Waals surface area contributed by atoms with Gasteiger partial charge in [0.05, 0.1) is 12.6 Å². The number of nitrogens with one attached hydrogen (secondary N) is 2. The summed E-state index contributed by atoms with van der Waals surface area (Å²) in [5.74, 6) is 0.184. The lowest BCUT2D eigenvalue weighted by molar-refractivity contribution is 0.238. The minimum Gasteiger partial charge on any atom is -0.336 e. The zero-order valence-corrected chi connectivity index (χ0v) is 19.1. The Morgan fingerprint density at radius 1 is 0.943 bits per heavy atom. The van der Waals surface area contributed by atoms with Crippen LogP contribution < -0.4 is 16.3 Å². The van der Waals surface area contributed by atoms with Gasteiger partial charge in [-0.05, 0) is 48.2 Å². The van der Waals surface area contributed by atoms with Crippen molar-refractivity contribution in [1.82, 2.24) is 25.0 Å². The third-order valence-corrected chi connectivity index (χ3v) is 6.04. The number of carbonyl (C=O) groups is 1. The van der Waals surface area contributed by atoms with Gasteiger partial charge >= 0.3 is 11.7 Å². The highest BCUT2D eigenvalue weighted by Crippen LogP contribution is 2.36. The van der Waals surface area contributed by atoms with Crippen LogP contribution in [-0.4, -0.2) is 26.9 Å². The largest absolute Gasteiger partial charge is 0.346 e. The van der Waals surface area contributed by atoms with Crippen LogP contribution in [0.3, 0.4) is 0 Å². The zero-order valence-electron chi connectivity index (χ0n) is 19.1. The minimum absolute atomic E-state index is 0.116. The maximum atomic E-state index is 13.4. The molecule has 8 heteroatoms. The second-order valence-electron chi connectivity index (χ2n) is 8.59. The monoisotopic (exact) mass is 471 g/mol. The fourth-order valence-electron chi connectivity index (χ4n) is 4.13. The first-order chi connectivity index (χ1) is 17.1. The summed E-state index contributed by atoms with van der Waals surface area (Å²) in [5.41, 5.74) is 2.41. The molecule has 2 N–H and O–H groups in total. The van der Waals surface area contributed by atoms with E-state index in [-0.39, 0.29) is 42.7 Å². The summed E-state index contributed by atoms with van der Waals surface area (Å²) in [6.45, 7) is 0.452. The summed E-state index contributed by atoms with van der Waals surface area (Å²) in [7, 11) is 0. The summed E-state index contributed by atoms with van der Waals surface area (Å²) < 4.78 is 16.4. The number of carbonyl (C=O) groups excluding carboxylic acids is 1. The van der Waals surface area contributed by atoms with E-state index in [2.05, 4.69) is 15.7 Å². The van der Waals surface area contributed by atoms with Crippen molar-refractivity contribution in [2.45, 2.75) is 31.5 Å². The van der Waals surface area contributed by atoms with Crippen LogP contribution in [0.2, 0.25) is 0 Å². The number of nitrogens with zero attached hydrogens (tertiary/aromatic N) is 3. The molecule has 1 aromatic heterocycles. The van der Waals surface area contributed by atoms with Crippen molar-refractivity contribution in [3.8, 4) is 11.4 Å². The molecule has 1 fully saturated rings. The molecule has 0 unspecified atom stereocenters. The van der Waals surface area contributed by atoms with Crippen molar-refractivity contribution in [2.75, 3.05) is 6.54 Å². The van der Waals surface area contributed by atoms with Crippen molar-refractivity contribution >= 4 is 6.03 Å². The second kappa shape index (κ2) is 9.97. The first-order valence-electron chi connectivity index (χ1n) is 11.7. The van der Waals surface area contributed by atoms with E-state index in [1.165, 1.54) is 16.8 Å². The number of benzene rings is 3. The predicted molar refractivity (Wildman–Crippen MR) is 131 cm³/mol. The molecule has 0 aliphatic heterocycles. The predicted octanol–water partition coefficient (Wildman–Crippen LogP) is 4.27. The highest BCUT2D eigenvalue weighted by Gasteiger charge is 2.30. The molecule has 0 saturated heterocycles. The molecule has 1 aliphatic carbocycles. The van der Waals surface area contributed by atoms with Crippen LogP contribution in [0.15, 0.2) is 89.7 Å². The Kier molecular flexibility index (Phi) is 6.43. The number of rotatable bonds is 8. The molecule has 0 atom stereocenters. The Morgan fingerprint density at radius 2 is 1.54 bits per heavy atom. The number of aromatic nitrogens is 3. The summed E-state index contributed by atoms with van der Waals surface area (Å²) in [6.07, 6.45) is 1.83. The van der Waals surface area contributed by atoms with Gasteiger partial charge in [-0.1, -0.05) is 60.7 Å². The van der Waals surface area contributed by atoms with E-state index >= 15 is 0 Å². The number of urea groups is 1. The van der Waals surface area contributed by atoms with Gasteiger partial charge in [0.25, 0.3) is 0 Å². The van der Waals surface area contributed by atoms with Crippen LogP contribution in [-0.2, 0) is 6.54 Å². The van der Waals surface area contributed by atoms with Crippen molar-refractivity contribution in [3.05, 3.63) is 112 Å². The van der Waals surface area contributed by atoms with E-state index in [0.717, 1.165) is 24.0 Å². The topological polar surface area (TPSA) is 81.0 Å². The lowest BCUT2D eigenvalue weighted by atomic mass is 9.99. The molecule has 4 aromatic rings. The Labute approximate surface area is 202 Å². The van der Waals surface area contributed by atoms with Crippen molar-refractivity contribution in [2.24, 2.45) is 0 Å². The average Bonchev–Trinajstić information content (AvgIpc) is 3.67. The second-order valence-corrected chi connectivity index (χ2v) is 8.59. The van der Waals surface area contributed by atoms with Crippen LogP contribution in [0, 0.1) is 5.82 Å². The maximum Gasteiger partial charge on any atom is 0.346 e. The van der Waals surface area contributed by atoms with Gasteiger partial charge in [-0.3, -0.25) is 4.57 Å². The molecule has 35 heavy (non-hydrogen) atoms. The molecule has 178 valence electrons.